The van der Waals surface area contributed by atoms with Crippen LogP contribution in [0.2, 0.25) is 5.02 Å². The van der Waals surface area contributed by atoms with E-state index in [0.29, 0.717) is 5.02 Å². The van der Waals surface area contributed by atoms with Gasteiger partial charge in [0, 0.05) is 23.1 Å². The minimum atomic E-state index is -0.867. The van der Waals surface area contributed by atoms with Crippen molar-refractivity contribution in [1.82, 2.24) is 9.97 Å². The van der Waals surface area contributed by atoms with Crippen molar-refractivity contribution in [3.63, 3.8) is 0 Å². The van der Waals surface area contributed by atoms with Crippen molar-refractivity contribution in [2.75, 3.05) is 10.6 Å². The molecule has 0 saturated carbocycles. The number of halogens is 3. The van der Waals surface area contributed by atoms with E-state index in [9.17, 15) is 13.6 Å². The summed E-state index contributed by atoms with van der Waals surface area (Å²) in [6, 6.07) is 8.67. The fourth-order valence-electron chi connectivity index (χ4n) is 2.18. The molecule has 132 valence electrons. The van der Waals surface area contributed by atoms with Crippen LogP contribution < -0.4 is 10.6 Å². The molecule has 0 aliphatic rings. The van der Waals surface area contributed by atoms with Gasteiger partial charge in [-0.1, -0.05) is 23.7 Å². The van der Waals surface area contributed by atoms with Gasteiger partial charge in [-0.25, -0.2) is 18.7 Å². The number of hydrogen-bond donors (Lipinski definition) is 2. The van der Waals surface area contributed by atoms with Gasteiger partial charge in [-0.3, -0.25) is 4.79 Å². The summed E-state index contributed by atoms with van der Waals surface area (Å²) >= 11 is 6.05. The van der Waals surface area contributed by atoms with Gasteiger partial charge in [0.15, 0.2) is 0 Å². The predicted molar refractivity (Wildman–Crippen MR) is 95.8 cm³/mol. The fourth-order valence-corrected chi connectivity index (χ4v) is 2.35. The molecule has 26 heavy (non-hydrogen) atoms. The first-order chi connectivity index (χ1) is 12.5. The lowest BCUT2D eigenvalue weighted by molar-refractivity contribution is 0.102. The van der Waals surface area contributed by atoms with Gasteiger partial charge >= 0.3 is 0 Å². The third-order valence-corrected chi connectivity index (χ3v) is 4.04. The number of benzene rings is 2. The van der Waals surface area contributed by atoms with Crippen molar-refractivity contribution in [1.29, 1.82) is 0 Å². The van der Waals surface area contributed by atoms with Crippen LogP contribution in [0, 0.1) is 18.6 Å². The molecule has 0 atom stereocenters. The molecule has 1 heterocycles. The molecule has 0 radical (unpaired) electrons. The minimum absolute atomic E-state index is 0.0565. The van der Waals surface area contributed by atoms with E-state index in [0.717, 1.165) is 23.4 Å². The summed E-state index contributed by atoms with van der Waals surface area (Å²) in [5.41, 5.74) is 1.09. The third kappa shape index (κ3) is 3.78. The van der Waals surface area contributed by atoms with Gasteiger partial charge in [0.05, 0.1) is 5.56 Å². The number of aromatic nitrogens is 2. The lowest BCUT2D eigenvalue weighted by Gasteiger charge is -2.10. The number of amides is 1. The highest BCUT2D eigenvalue weighted by Crippen LogP contribution is 2.25. The Kier molecular flexibility index (Phi) is 5.09. The molecule has 0 saturated heterocycles. The van der Waals surface area contributed by atoms with Crippen LogP contribution in [0.25, 0.3) is 0 Å². The van der Waals surface area contributed by atoms with Crippen LogP contribution in [0.15, 0.2) is 48.8 Å². The van der Waals surface area contributed by atoms with Crippen molar-refractivity contribution in [2.45, 2.75) is 6.92 Å². The normalized spacial score (nSPS) is 10.5. The lowest BCUT2D eigenvalue weighted by Crippen LogP contribution is -2.15. The van der Waals surface area contributed by atoms with Crippen LogP contribution >= 0.6 is 11.6 Å². The molecule has 1 amide bonds. The van der Waals surface area contributed by atoms with Gasteiger partial charge in [-0.05, 0) is 36.8 Å². The SMILES string of the molecule is Cc1c(Cl)cccc1Nc1ncc(C(=O)Nc2c(F)cccc2F)cn1. The number of rotatable bonds is 4. The van der Waals surface area contributed by atoms with Gasteiger partial charge in [0.2, 0.25) is 5.95 Å². The Hall–Kier alpha value is -3.06. The van der Waals surface area contributed by atoms with E-state index >= 15 is 0 Å². The van der Waals surface area contributed by atoms with E-state index in [2.05, 4.69) is 20.6 Å². The Morgan fingerprint density at radius 3 is 2.31 bits per heavy atom. The molecule has 0 unspecified atom stereocenters. The number of nitrogens with zero attached hydrogens (tertiary/aromatic N) is 2. The summed E-state index contributed by atoms with van der Waals surface area (Å²) in [5, 5.41) is 5.76. The van der Waals surface area contributed by atoms with Crippen LogP contribution in [0.4, 0.5) is 26.1 Å². The molecule has 8 heteroatoms. The minimum Gasteiger partial charge on any atom is -0.324 e. The second kappa shape index (κ2) is 7.45. The quantitative estimate of drug-likeness (QED) is 0.694. The van der Waals surface area contributed by atoms with Gasteiger partial charge in [0.1, 0.15) is 17.3 Å². The van der Waals surface area contributed by atoms with Crippen LogP contribution in [-0.4, -0.2) is 15.9 Å². The van der Waals surface area contributed by atoms with E-state index in [4.69, 9.17) is 11.6 Å². The van der Waals surface area contributed by atoms with E-state index in [-0.39, 0.29) is 11.5 Å². The summed E-state index contributed by atoms with van der Waals surface area (Å²) in [4.78, 5) is 20.2. The number of anilines is 3. The molecule has 5 nitrogen and oxygen atoms in total. The predicted octanol–water partition coefficient (Wildman–Crippen LogP) is 4.71. The molecule has 0 fully saturated rings. The first-order valence-electron chi connectivity index (χ1n) is 7.55. The Labute approximate surface area is 153 Å². The molecular formula is C18H13ClF2N4O. The molecule has 0 aliphatic carbocycles. The van der Waals surface area contributed by atoms with Crippen LogP contribution in [0.3, 0.4) is 0 Å². The number of carbonyl (C=O) groups is 1. The zero-order valence-corrected chi connectivity index (χ0v) is 14.3. The Bertz CT molecular complexity index is 944. The maximum atomic E-state index is 13.6. The maximum Gasteiger partial charge on any atom is 0.258 e. The number of carbonyl (C=O) groups excluding carboxylic acids is 1. The zero-order chi connectivity index (χ0) is 18.7. The lowest BCUT2D eigenvalue weighted by atomic mass is 10.2. The average Bonchev–Trinajstić information content (AvgIpc) is 2.63. The van der Waals surface area contributed by atoms with E-state index < -0.39 is 23.2 Å². The highest BCUT2D eigenvalue weighted by Gasteiger charge is 2.14. The average molecular weight is 375 g/mol. The largest absolute Gasteiger partial charge is 0.324 e. The second-order valence-electron chi connectivity index (χ2n) is 5.38. The second-order valence-corrected chi connectivity index (χ2v) is 5.79. The standard InChI is InChI=1S/C18H13ClF2N4O/c1-10-12(19)4-2-7-15(10)24-18-22-8-11(9-23-18)17(26)25-16-13(20)5-3-6-14(16)21/h2-9H,1H3,(H,25,26)(H,22,23,24). The first kappa shape index (κ1) is 17.8. The molecule has 1 aromatic heterocycles. The summed E-state index contributed by atoms with van der Waals surface area (Å²) in [6.45, 7) is 1.84. The topological polar surface area (TPSA) is 66.9 Å². The van der Waals surface area contributed by atoms with Gasteiger partial charge in [-0.2, -0.15) is 0 Å². The third-order valence-electron chi connectivity index (χ3n) is 3.63. The monoisotopic (exact) mass is 374 g/mol. The highest BCUT2D eigenvalue weighted by molar-refractivity contribution is 6.31. The van der Waals surface area contributed by atoms with Crippen molar-refractivity contribution in [2.24, 2.45) is 0 Å². The van der Waals surface area contributed by atoms with Crippen molar-refractivity contribution >= 4 is 34.8 Å². The van der Waals surface area contributed by atoms with Gasteiger partial charge in [-0.15, -0.1) is 0 Å². The van der Waals surface area contributed by atoms with Crippen molar-refractivity contribution in [3.05, 3.63) is 76.6 Å². The van der Waals surface area contributed by atoms with E-state index in [1.807, 2.05) is 13.0 Å². The van der Waals surface area contributed by atoms with Gasteiger partial charge < -0.3 is 10.6 Å². The maximum absolute atomic E-state index is 13.6. The molecule has 2 N–H and O–H groups in total. The molecule has 2 aromatic carbocycles. The summed E-state index contributed by atoms with van der Waals surface area (Å²) in [7, 11) is 0. The number of nitrogens with one attached hydrogen (secondary N) is 2. The Morgan fingerprint density at radius 1 is 1.04 bits per heavy atom. The number of para-hydroxylation sites is 1. The van der Waals surface area contributed by atoms with Gasteiger partial charge in [0.25, 0.3) is 5.91 Å². The molecule has 0 bridgehead atoms. The summed E-state index contributed by atoms with van der Waals surface area (Å²) in [6.07, 6.45) is 2.51. The first-order valence-corrected chi connectivity index (χ1v) is 7.93. The summed E-state index contributed by atoms with van der Waals surface area (Å²) < 4.78 is 27.2. The van der Waals surface area contributed by atoms with Crippen molar-refractivity contribution < 1.29 is 13.6 Å². The molecule has 3 rings (SSSR count). The van der Waals surface area contributed by atoms with Crippen LogP contribution in [0.1, 0.15) is 15.9 Å². The fraction of sp³-hybridized carbons (Fsp3) is 0.0556. The highest BCUT2D eigenvalue weighted by atomic mass is 35.5. The van der Waals surface area contributed by atoms with E-state index in [1.165, 1.54) is 18.5 Å². The smallest absolute Gasteiger partial charge is 0.258 e. The van der Waals surface area contributed by atoms with Crippen LogP contribution in [0.5, 0.6) is 0 Å². The molecule has 3 aromatic rings. The molecule has 0 aliphatic heterocycles. The number of hydrogen-bond acceptors (Lipinski definition) is 4. The van der Waals surface area contributed by atoms with Crippen molar-refractivity contribution in [3.8, 4) is 0 Å². The Morgan fingerprint density at radius 2 is 1.65 bits per heavy atom. The Balaban J connectivity index is 1.75. The summed E-state index contributed by atoms with van der Waals surface area (Å²) in [5.74, 6) is -2.20. The van der Waals surface area contributed by atoms with E-state index in [1.54, 1.807) is 12.1 Å². The van der Waals surface area contributed by atoms with Crippen LogP contribution in [-0.2, 0) is 0 Å². The molecular weight excluding hydrogens is 362 g/mol. The molecule has 0 spiro atoms. The zero-order valence-electron chi connectivity index (χ0n) is 13.6.